The number of anilines is 3. The van der Waals surface area contributed by atoms with Crippen LogP contribution in [0.5, 0.6) is 5.88 Å². The number of ether oxygens (including phenoxy) is 3. The molecule has 1 heterocycles. The van der Waals surface area contributed by atoms with E-state index in [-0.39, 0.29) is 11.5 Å². The molecule has 0 atom stereocenters. The van der Waals surface area contributed by atoms with Crippen LogP contribution in [-0.4, -0.2) is 86.2 Å². The van der Waals surface area contributed by atoms with Gasteiger partial charge in [0.1, 0.15) is 16.9 Å². The van der Waals surface area contributed by atoms with E-state index in [9.17, 15) is 27.6 Å². The Morgan fingerprint density at radius 3 is 1.90 bits per heavy atom. The fourth-order valence-electron chi connectivity index (χ4n) is 2.80. The lowest BCUT2D eigenvalue weighted by atomic mass is 10.2. The smallest absolute Gasteiger partial charge is 0.424 e. The van der Waals surface area contributed by atoms with Gasteiger partial charge in [-0.15, -0.1) is 0 Å². The number of nitrogens with zero attached hydrogens (tertiary/aromatic N) is 4. The molecule has 0 saturated carbocycles. The van der Waals surface area contributed by atoms with Crippen molar-refractivity contribution >= 4 is 35.3 Å². The largest absolute Gasteiger partial charge is 0.466 e. The van der Waals surface area contributed by atoms with Gasteiger partial charge in [0.15, 0.2) is 12.4 Å². The Labute approximate surface area is 226 Å². The quantitative estimate of drug-likeness (QED) is 0.424. The van der Waals surface area contributed by atoms with Crippen molar-refractivity contribution < 1.29 is 41.8 Å². The molecule has 1 aromatic rings. The molecule has 1 N–H and O–H groups in total. The molecule has 0 aliphatic carbocycles. The van der Waals surface area contributed by atoms with Gasteiger partial charge in [0.05, 0.1) is 5.69 Å². The Hall–Kier alpha value is -3.55. The molecule has 0 fully saturated rings. The number of alkyl halides is 3. The second-order valence-corrected chi connectivity index (χ2v) is 10.8. The van der Waals surface area contributed by atoms with Crippen molar-refractivity contribution in [2.24, 2.45) is 0 Å². The van der Waals surface area contributed by atoms with Crippen LogP contribution in [0.2, 0.25) is 0 Å². The summed E-state index contributed by atoms with van der Waals surface area (Å²) in [6, 6.07) is 1.09. The number of carbonyl (C=O) groups is 3. The van der Waals surface area contributed by atoms with Gasteiger partial charge in [-0.05, 0) is 67.8 Å². The summed E-state index contributed by atoms with van der Waals surface area (Å²) in [5, 5.41) is 2.51. The van der Waals surface area contributed by atoms with Crippen molar-refractivity contribution in [1.82, 2.24) is 9.88 Å². The molecule has 0 radical (unpaired) electrons. The van der Waals surface area contributed by atoms with Crippen molar-refractivity contribution in [3.05, 3.63) is 18.7 Å². The van der Waals surface area contributed by atoms with E-state index < -0.39 is 53.6 Å². The molecule has 39 heavy (non-hydrogen) atoms. The van der Waals surface area contributed by atoms with E-state index >= 15 is 0 Å². The van der Waals surface area contributed by atoms with E-state index in [1.165, 1.54) is 41.5 Å². The van der Waals surface area contributed by atoms with Gasteiger partial charge in [-0.2, -0.15) is 23.1 Å². The molecule has 0 aromatic carbocycles. The zero-order chi connectivity index (χ0) is 30.3. The lowest BCUT2D eigenvalue weighted by Gasteiger charge is -2.30. The van der Waals surface area contributed by atoms with E-state index in [2.05, 4.69) is 16.9 Å². The van der Waals surface area contributed by atoms with Crippen LogP contribution >= 0.6 is 0 Å². The number of imide groups is 1. The molecule has 1 rings (SSSR count). The molecule has 0 bridgehead atoms. The number of nitrogens with one attached hydrogen (secondary N) is 1. The van der Waals surface area contributed by atoms with Gasteiger partial charge in [-0.3, -0.25) is 4.79 Å². The van der Waals surface area contributed by atoms with Crippen LogP contribution < -0.4 is 19.9 Å². The summed E-state index contributed by atoms with van der Waals surface area (Å²) in [5.41, 5.74) is -2.76. The lowest BCUT2D eigenvalue weighted by molar-refractivity contribution is -0.153. The zero-order valence-electron chi connectivity index (χ0n) is 23.9. The summed E-state index contributed by atoms with van der Waals surface area (Å²) in [5.74, 6) is -1.37. The molecule has 0 aliphatic rings. The number of amides is 3. The number of pyridine rings is 1. The predicted molar refractivity (Wildman–Crippen MR) is 141 cm³/mol. The number of halogens is 3. The highest BCUT2D eigenvalue weighted by molar-refractivity contribution is 6.11. The van der Waals surface area contributed by atoms with E-state index in [0.717, 1.165) is 12.1 Å². The number of aromatic nitrogens is 1. The van der Waals surface area contributed by atoms with Gasteiger partial charge in [-0.25, -0.2) is 9.59 Å². The first kappa shape index (κ1) is 33.5. The fourth-order valence-corrected chi connectivity index (χ4v) is 2.80. The molecule has 0 spiro atoms. The summed E-state index contributed by atoms with van der Waals surface area (Å²) in [7, 11) is 5.24. The molecule has 11 nitrogen and oxygen atoms in total. The number of hydrogen-bond donors (Lipinski definition) is 1. The van der Waals surface area contributed by atoms with Crippen LogP contribution in [0, 0.1) is 0 Å². The minimum Gasteiger partial charge on any atom is -0.466 e. The molecule has 0 saturated heterocycles. The van der Waals surface area contributed by atoms with Gasteiger partial charge in [-0.1, -0.05) is 6.58 Å². The van der Waals surface area contributed by atoms with Gasteiger partial charge in [0.25, 0.3) is 0 Å². The standard InChI is InChI=1S/C25H38F3N5O6/c1-11-18(34)29-16-14-17(33(21(35)38-23(2,3)4)22(36)39-24(5,6)7)20(37-15-25(26,27)28)30-19(16)32(10)13-12-31(8)9/h11,14H,1,12-13,15H2,2-10H3,(H,29,34). The molecule has 1 aromatic heterocycles. The van der Waals surface area contributed by atoms with Crippen molar-refractivity contribution in [2.45, 2.75) is 58.9 Å². The minimum absolute atomic E-state index is 0.0151. The Morgan fingerprint density at radius 1 is 0.974 bits per heavy atom. The van der Waals surface area contributed by atoms with Gasteiger partial charge < -0.3 is 29.3 Å². The minimum atomic E-state index is -4.77. The van der Waals surface area contributed by atoms with Crippen LogP contribution in [0.1, 0.15) is 41.5 Å². The maximum Gasteiger partial charge on any atom is 0.424 e. The van der Waals surface area contributed by atoms with Crippen molar-refractivity contribution in [1.29, 1.82) is 0 Å². The van der Waals surface area contributed by atoms with Gasteiger partial charge in [0.2, 0.25) is 11.8 Å². The zero-order valence-corrected chi connectivity index (χ0v) is 23.9. The monoisotopic (exact) mass is 561 g/mol. The average Bonchev–Trinajstić information content (AvgIpc) is 2.73. The number of rotatable bonds is 9. The van der Waals surface area contributed by atoms with Crippen LogP contribution in [0.25, 0.3) is 0 Å². The normalized spacial score (nSPS) is 12.0. The van der Waals surface area contributed by atoms with Crippen LogP contribution in [0.4, 0.5) is 40.0 Å². The summed E-state index contributed by atoms with van der Waals surface area (Å²) in [6.07, 6.45) is -6.32. The maximum atomic E-state index is 13.2. The van der Waals surface area contributed by atoms with E-state index in [1.807, 2.05) is 19.0 Å². The first-order valence-corrected chi connectivity index (χ1v) is 11.9. The fraction of sp³-hybridized carbons (Fsp3) is 0.600. The molecule has 14 heteroatoms. The number of likely N-dealkylation sites (N-methyl/N-ethyl adjacent to an activating group) is 2. The first-order valence-electron chi connectivity index (χ1n) is 11.9. The third kappa shape index (κ3) is 11.8. The molecule has 0 aliphatic heterocycles. The Kier molecular flexibility index (Phi) is 11.2. The molecular weight excluding hydrogens is 523 g/mol. The predicted octanol–water partition coefficient (Wildman–Crippen LogP) is 4.82. The maximum absolute atomic E-state index is 13.2. The second kappa shape index (κ2) is 13.0. The Morgan fingerprint density at radius 2 is 1.49 bits per heavy atom. The van der Waals surface area contributed by atoms with E-state index in [4.69, 9.17) is 14.2 Å². The van der Waals surface area contributed by atoms with E-state index in [0.29, 0.717) is 18.0 Å². The van der Waals surface area contributed by atoms with Crippen molar-refractivity contribution in [3.63, 3.8) is 0 Å². The van der Waals surface area contributed by atoms with Crippen LogP contribution in [-0.2, 0) is 14.3 Å². The van der Waals surface area contributed by atoms with Gasteiger partial charge >= 0.3 is 18.4 Å². The average molecular weight is 562 g/mol. The topological polar surface area (TPSA) is 114 Å². The highest BCUT2D eigenvalue weighted by Gasteiger charge is 2.37. The Bertz CT molecular complexity index is 1020. The van der Waals surface area contributed by atoms with E-state index in [1.54, 1.807) is 11.9 Å². The van der Waals surface area contributed by atoms with Crippen LogP contribution in [0.3, 0.4) is 0 Å². The molecular formula is C25H38F3N5O6. The molecule has 3 amide bonds. The third-order valence-corrected chi connectivity index (χ3v) is 4.40. The molecule has 0 unspecified atom stereocenters. The third-order valence-electron chi connectivity index (χ3n) is 4.40. The van der Waals surface area contributed by atoms with Gasteiger partial charge in [0, 0.05) is 20.1 Å². The summed E-state index contributed by atoms with van der Waals surface area (Å²) < 4.78 is 55.2. The SMILES string of the molecule is C=CC(=O)Nc1cc(N(C(=O)OC(C)(C)C)C(=O)OC(C)(C)C)c(OCC(F)(F)F)nc1N(C)CCN(C)C. The number of carbonyl (C=O) groups excluding carboxylic acids is 3. The summed E-state index contributed by atoms with van der Waals surface area (Å²) in [6.45, 7) is 11.7. The van der Waals surface area contributed by atoms with Crippen molar-refractivity contribution in [3.8, 4) is 5.88 Å². The highest BCUT2D eigenvalue weighted by atomic mass is 19.4. The van der Waals surface area contributed by atoms with Crippen LogP contribution in [0.15, 0.2) is 18.7 Å². The second-order valence-electron chi connectivity index (χ2n) is 10.8. The summed E-state index contributed by atoms with van der Waals surface area (Å²) >= 11 is 0. The Balaban J connectivity index is 3.93. The molecule has 220 valence electrons. The highest BCUT2D eigenvalue weighted by Crippen LogP contribution is 2.38. The lowest BCUT2D eigenvalue weighted by Crippen LogP contribution is -2.44. The summed E-state index contributed by atoms with van der Waals surface area (Å²) in [4.78, 5) is 46.6. The first-order chi connectivity index (χ1) is 17.6. The number of hydrogen-bond acceptors (Lipinski definition) is 9. The van der Waals surface area contributed by atoms with Crippen molar-refractivity contribution in [2.75, 3.05) is 56.0 Å².